The maximum absolute atomic E-state index is 13.0. The lowest BCUT2D eigenvalue weighted by molar-refractivity contribution is -0.126. The first kappa shape index (κ1) is 17.7. The van der Waals surface area contributed by atoms with Crippen LogP contribution in [-0.2, 0) is 4.79 Å². The minimum Gasteiger partial charge on any atom is -0.339 e. The Balaban J connectivity index is 1.48. The predicted molar refractivity (Wildman–Crippen MR) is 95.0 cm³/mol. The second-order valence-electron chi connectivity index (χ2n) is 6.06. The molecule has 134 valence electrons. The highest BCUT2D eigenvalue weighted by molar-refractivity contribution is 5.94. The Hall–Kier alpha value is -3.09. The summed E-state index contributed by atoms with van der Waals surface area (Å²) in [5, 5.41) is 3.92. The van der Waals surface area contributed by atoms with Gasteiger partial charge in [-0.15, -0.1) is 0 Å². The topological polar surface area (TPSA) is 74.7 Å². The van der Waals surface area contributed by atoms with Crippen molar-refractivity contribution in [2.45, 2.75) is 12.8 Å². The molecule has 2 heterocycles. The van der Waals surface area contributed by atoms with E-state index in [0.717, 1.165) is 0 Å². The third-order valence-electron chi connectivity index (χ3n) is 4.30. The van der Waals surface area contributed by atoms with Crippen molar-refractivity contribution < 1.29 is 14.0 Å². The minimum absolute atomic E-state index is 0.142. The lowest BCUT2D eigenvalue weighted by Gasteiger charge is -2.31. The molecule has 0 radical (unpaired) electrons. The maximum Gasteiger partial charge on any atom is 0.253 e. The fourth-order valence-corrected chi connectivity index (χ4v) is 2.83. The zero-order valence-corrected chi connectivity index (χ0v) is 14.1. The number of pyridine rings is 1. The zero-order chi connectivity index (χ0) is 18.4. The Morgan fingerprint density at radius 3 is 2.54 bits per heavy atom. The molecule has 1 aromatic heterocycles. The highest BCUT2D eigenvalue weighted by Crippen LogP contribution is 2.19. The van der Waals surface area contributed by atoms with Gasteiger partial charge < -0.3 is 4.90 Å². The van der Waals surface area contributed by atoms with E-state index in [1.165, 1.54) is 30.5 Å². The molecule has 1 fully saturated rings. The summed E-state index contributed by atoms with van der Waals surface area (Å²) < 4.78 is 13.0. The molecule has 0 bridgehead atoms. The van der Waals surface area contributed by atoms with Crippen LogP contribution in [0.4, 0.5) is 4.39 Å². The Kier molecular flexibility index (Phi) is 5.68. The molecule has 2 aromatic rings. The molecule has 6 nitrogen and oxygen atoms in total. The highest BCUT2D eigenvalue weighted by atomic mass is 19.1. The predicted octanol–water partition coefficient (Wildman–Crippen LogP) is 2.22. The number of hydrazone groups is 1. The van der Waals surface area contributed by atoms with Crippen molar-refractivity contribution in [2.75, 3.05) is 13.1 Å². The molecule has 1 N–H and O–H groups in total. The molecule has 1 aromatic carbocycles. The molecule has 7 heteroatoms. The first-order valence-electron chi connectivity index (χ1n) is 8.42. The van der Waals surface area contributed by atoms with Crippen LogP contribution in [0.3, 0.4) is 0 Å². The zero-order valence-electron chi connectivity index (χ0n) is 14.1. The number of hydrogen-bond donors (Lipinski definition) is 1. The average molecular weight is 354 g/mol. The molecule has 3 rings (SSSR count). The molecule has 0 spiro atoms. The van der Waals surface area contributed by atoms with Crippen LogP contribution in [0, 0.1) is 11.7 Å². The molecule has 1 aliphatic heterocycles. The average Bonchev–Trinajstić information content (AvgIpc) is 2.69. The van der Waals surface area contributed by atoms with Gasteiger partial charge in [0, 0.05) is 30.8 Å². The van der Waals surface area contributed by atoms with Crippen LogP contribution in [0.2, 0.25) is 0 Å². The smallest absolute Gasteiger partial charge is 0.253 e. The number of amides is 2. The first-order valence-corrected chi connectivity index (χ1v) is 8.42. The number of nitrogens with one attached hydrogen (secondary N) is 1. The number of piperidine rings is 1. The fraction of sp³-hybridized carbons (Fsp3) is 0.263. The Labute approximate surface area is 150 Å². The number of carbonyl (C=O) groups excluding carboxylic acids is 2. The van der Waals surface area contributed by atoms with Crippen LogP contribution in [0.5, 0.6) is 0 Å². The lowest BCUT2D eigenvalue weighted by atomic mass is 9.95. The number of rotatable bonds is 4. The van der Waals surface area contributed by atoms with Crippen molar-refractivity contribution in [1.82, 2.24) is 15.3 Å². The maximum atomic E-state index is 13.0. The van der Waals surface area contributed by atoms with E-state index < -0.39 is 0 Å². The van der Waals surface area contributed by atoms with Crippen molar-refractivity contribution in [1.29, 1.82) is 0 Å². The van der Waals surface area contributed by atoms with Gasteiger partial charge in [0.25, 0.3) is 5.91 Å². The van der Waals surface area contributed by atoms with Crippen molar-refractivity contribution in [3.8, 4) is 0 Å². The summed E-state index contributed by atoms with van der Waals surface area (Å²) >= 11 is 0. The van der Waals surface area contributed by atoms with Crippen LogP contribution < -0.4 is 5.43 Å². The number of nitrogens with zero attached hydrogens (tertiary/aromatic N) is 3. The molecule has 0 unspecified atom stereocenters. The van der Waals surface area contributed by atoms with Crippen LogP contribution in [0.25, 0.3) is 0 Å². The largest absolute Gasteiger partial charge is 0.339 e. The van der Waals surface area contributed by atoms with Gasteiger partial charge in [0.15, 0.2) is 0 Å². The molecular formula is C19H19FN4O2. The van der Waals surface area contributed by atoms with Gasteiger partial charge in [-0.2, -0.15) is 5.10 Å². The van der Waals surface area contributed by atoms with Gasteiger partial charge in [-0.3, -0.25) is 14.6 Å². The molecule has 0 atom stereocenters. The monoisotopic (exact) mass is 354 g/mol. The number of halogens is 1. The quantitative estimate of drug-likeness (QED) is 0.676. The lowest BCUT2D eigenvalue weighted by Crippen LogP contribution is -2.42. The van der Waals surface area contributed by atoms with Gasteiger partial charge in [-0.1, -0.05) is 6.07 Å². The van der Waals surface area contributed by atoms with E-state index in [-0.39, 0.29) is 23.5 Å². The van der Waals surface area contributed by atoms with Gasteiger partial charge in [0.1, 0.15) is 5.82 Å². The van der Waals surface area contributed by atoms with Gasteiger partial charge in [0.05, 0.1) is 11.9 Å². The number of benzene rings is 1. The van der Waals surface area contributed by atoms with Crippen molar-refractivity contribution >= 4 is 18.0 Å². The molecule has 1 aliphatic rings. The van der Waals surface area contributed by atoms with Crippen LogP contribution >= 0.6 is 0 Å². The van der Waals surface area contributed by atoms with E-state index in [0.29, 0.717) is 37.2 Å². The Morgan fingerprint density at radius 2 is 1.88 bits per heavy atom. The molecule has 2 amide bonds. The normalized spacial score (nSPS) is 15.2. The summed E-state index contributed by atoms with van der Waals surface area (Å²) in [6.45, 7) is 0.969. The van der Waals surface area contributed by atoms with Crippen LogP contribution in [0.15, 0.2) is 53.8 Å². The standard InChI is InChI=1S/C19H19FN4O2/c20-16-6-4-15(5-7-16)19(26)24-11-8-14(9-12-24)18(25)23-22-13-17-3-1-2-10-21-17/h1-7,10,13-14H,8-9,11-12H2,(H,23,25)/b22-13-. The van der Waals surface area contributed by atoms with Gasteiger partial charge in [-0.25, -0.2) is 9.82 Å². The summed E-state index contributed by atoms with van der Waals surface area (Å²) in [6.07, 6.45) is 4.28. The minimum atomic E-state index is -0.372. The summed E-state index contributed by atoms with van der Waals surface area (Å²) in [6, 6.07) is 10.9. The van der Waals surface area contributed by atoms with Gasteiger partial charge in [-0.05, 0) is 49.2 Å². The number of hydrogen-bond acceptors (Lipinski definition) is 4. The van der Waals surface area contributed by atoms with Crippen molar-refractivity contribution in [3.63, 3.8) is 0 Å². The number of carbonyl (C=O) groups is 2. The van der Waals surface area contributed by atoms with E-state index in [9.17, 15) is 14.0 Å². The summed E-state index contributed by atoms with van der Waals surface area (Å²) in [5.74, 6) is -0.862. The summed E-state index contributed by atoms with van der Waals surface area (Å²) in [5.41, 5.74) is 3.64. The summed E-state index contributed by atoms with van der Waals surface area (Å²) in [4.78, 5) is 30.3. The number of likely N-dealkylation sites (tertiary alicyclic amines) is 1. The Morgan fingerprint density at radius 1 is 1.15 bits per heavy atom. The van der Waals surface area contributed by atoms with Gasteiger partial charge >= 0.3 is 0 Å². The SMILES string of the molecule is O=C(N/N=C\c1ccccn1)C1CCN(C(=O)c2ccc(F)cc2)CC1. The second kappa shape index (κ2) is 8.33. The van der Waals surface area contributed by atoms with E-state index >= 15 is 0 Å². The van der Waals surface area contributed by atoms with E-state index in [4.69, 9.17) is 0 Å². The molecule has 0 aliphatic carbocycles. The third-order valence-corrected chi connectivity index (χ3v) is 4.30. The van der Waals surface area contributed by atoms with Crippen LogP contribution in [0.1, 0.15) is 28.9 Å². The third kappa shape index (κ3) is 4.50. The van der Waals surface area contributed by atoms with Crippen molar-refractivity contribution in [2.24, 2.45) is 11.0 Å². The fourth-order valence-electron chi connectivity index (χ4n) is 2.83. The van der Waals surface area contributed by atoms with E-state index in [1.807, 2.05) is 6.07 Å². The van der Waals surface area contributed by atoms with Gasteiger partial charge in [0.2, 0.25) is 5.91 Å². The molecule has 1 saturated heterocycles. The second-order valence-corrected chi connectivity index (χ2v) is 6.06. The summed E-state index contributed by atoms with van der Waals surface area (Å²) in [7, 11) is 0. The Bertz CT molecular complexity index is 785. The van der Waals surface area contributed by atoms with E-state index in [2.05, 4.69) is 15.5 Å². The van der Waals surface area contributed by atoms with Crippen molar-refractivity contribution in [3.05, 3.63) is 65.7 Å². The molecular weight excluding hydrogens is 335 g/mol. The number of aromatic nitrogens is 1. The molecule has 0 saturated carbocycles. The van der Waals surface area contributed by atoms with Crippen LogP contribution in [-0.4, -0.2) is 41.0 Å². The van der Waals surface area contributed by atoms with E-state index in [1.54, 1.807) is 23.2 Å². The highest BCUT2D eigenvalue weighted by Gasteiger charge is 2.27. The molecule has 26 heavy (non-hydrogen) atoms. The first-order chi connectivity index (χ1) is 12.6.